The van der Waals surface area contributed by atoms with Crippen LogP contribution in [0.3, 0.4) is 0 Å². The number of nitrogens with zero attached hydrogens (tertiary/aromatic N) is 2. The Labute approximate surface area is 122 Å². The first kappa shape index (κ1) is 15.4. The lowest BCUT2D eigenvalue weighted by atomic mass is 9.97. The van der Waals surface area contributed by atoms with Crippen LogP contribution in [0, 0.1) is 6.92 Å². The minimum Gasteiger partial charge on any atom is -0.374 e. The molecule has 112 valence electrons. The Morgan fingerprint density at radius 2 is 2.30 bits per heavy atom. The molecular weight excluding hydrogens is 250 g/mol. The SMILES string of the molecule is CCNC(c1cnccc1C)C1CN(C(C)C)CCO1. The summed E-state index contributed by atoms with van der Waals surface area (Å²) in [6.07, 6.45) is 4.01. The second kappa shape index (κ2) is 7.16. The third-order valence-electron chi connectivity index (χ3n) is 4.07. The second-order valence-corrected chi connectivity index (χ2v) is 5.77. The van der Waals surface area contributed by atoms with Gasteiger partial charge in [-0.05, 0) is 44.5 Å². The van der Waals surface area contributed by atoms with E-state index in [1.807, 2.05) is 12.4 Å². The summed E-state index contributed by atoms with van der Waals surface area (Å²) < 4.78 is 6.05. The first-order valence-electron chi connectivity index (χ1n) is 7.63. The Hall–Kier alpha value is -0.970. The van der Waals surface area contributed by atoms with Gasteiger partial charge in [-0.3, -0.25) is 9.88 Å². The topological polar surface area (TPSA) is 37.4 Å². The molecule has 0 saturated carbocycles. The fourth-order valence-corrected chi connectivity index (χ4v) is 2.83. The Kier molecular flexibility index (Phi) is 5.52. The zero-order valence-corrected chi connectivity index (χ0v) is 13.1. The van der Waals surface area contributed by atoms with Crippen molar-refractivity contribution in [2.75, 3.05) is 26.2 Å². The molecule has 0 aliphatic carbocycles. The number of hydrogen-bond acceptors (Lipinski definition) is 4. The predicted octanol–water partition coefficient (Wildman–Crippen LogP) is 2.15. The van der Waals surface area contributed by atoms with E-state index in [1.165, 1.54) is 11.1 Å². The van der Waals surface area contributed by atoms with Gasteiger partial charge in [-0.1, -0.05) is 6.92 Å². The van der Waals surface area contributed by atoms with Crippen molar-refractivity contribution in [3.8, 4) is 0 Å². The normalized spacial score (nSPS) is 22.1. The van der Waals surface area contributed by atoms with Crippen molar-refractivity contribution in [3.05, 3.63) is 29.6 Å². The van der Waals surface area contributed by atoms with Crippen molar-refractivity contribution in [2.45, 2.75) is 45.9 Å². The highest BCUT2D eigenvalue weighted by atomic mass is 16.5. The van der Waals surface area contributed by atoms with Crippen molar-refractivity contribution in [1.29, 1.82) is 0 Å². The van der Waals surface area contributed by atoms with E-state index in [0.717, 1.165) is 26.2 Å². The standard InChI is InChI=1S/C16H27N3O/c1-5-18-16(14-10-17-7-6-13(14)4)15-11-19(12(2)3)8-9-20-15/h6-7,10,12,15-16,18H,5,8-9,11H2,1-4H3. The summed E-state index contributed by atoms with van der Waals surface area (Å²) in [7, 11) is 0. The summed E-state index contributed by atoms with van der Waals surface area (Å²) in [5.74, 6) is 0. The highest BCUT2D eigenvalue weighted by Gasteiger charge is 2.30. The molecule has 1 fully saturated rings. The smallest absolute Gasteiger partial charge is 0.0897 e. The summed E-state index contributed by atoms with van der Waals surface area (Å²) in [4.78, 5) is 6.78. The van der Waals surface area contributed by atoms with E-state index in [2.05, 4.69) is 49.0 Å². The summed E-state index contributed by atoms with van der Waals surface area (Å²) >= 11 is 0. The Balaban J connectivity index is 2.18. The third kappa shape index (κ3) is 3.57. The Morgan fingerprint density at radius 1 is 1.50 bits per heavy atom. The van der Waals surface area contributed by atoms with Gasteiger partial charge < -0.3 is 10.1 Å². The van der Waals surface area contributed by atoms with Crippen LogP contribution < -0.4 is 5.32 Å². The predicted molar refractivity (Wildman–Crippen MR) is 81.8 cm³/mol. The van der Waals surface area contributed by atoms with Gasteiger partial charge in [0.15, 0.2) is 0 Å². The first-order chi connectivity index (χ1) is 9.63. The van der Waals surface area contributed by atoms with Gasteiger partial charge in [-0.25, -0.2) is 0 Å². The van der Waals surface area contributed by atoms with Crippen LogP contribution in [0.1, 0.15) is 37.9 Å². The fourth-order valence-electron chi connectivity index (χ4n) is 2.83. The van der Waals surface area contributed by atoms with Gasteiger partial charge in [0.25, 0.3) is 0 Å². The van der Waals surface area contributed by atoms with Crippen LogP contribution in [-0.2, 0) is 4.74 Å². The van der Waals surface area contributed by atoms with Crippen LogP contribution in [0.2, 0.25) is 0 Å². The zero-order valence-electron chi connectivity index (χ0n) is 13.1. The average Bonchev–Trinajstić information content (AvgIpc) is 2.46. The molecule has 0 bridgehead atoms. The molecular formula is C16H27N3O. The van der Waals surface area contributed by atoms with Crippen LogP contribution in [0.25, 0.3) is 0 Å². The molecule has 1 N–H and O–H groups in total. The summed E-state index contributed by atoms with van der Waals surface area (Å²) in [5.41, 5.74) is 2.53. The average molecular weight is 277 g/mol. The number of ether oxygens (including phenoxy) is 1. The Bertz CT molecular complexity index is 422. The molecule has 1 aliphatic rings. The van der Waals surface area contributed by atoms with E-state index < -0.39 is 0 Å². The molecule has 4 nitrogen and oxygen atoms in total. The molecule has 1 aromatic rings. The minimum absolute atomic E-state index is 0.189. The highest BCUT2D eigenvalue weighted by Crippen LogP contribution is 2.25. The van der Waals surface area contributed by atoms with Crippen LogP contribution in [-0.4, -0.2) is 48.3 Å². The first-order valence-corrected chi connectivity index (χ1v) is 7.63. The van der Waals surface area contributed by atoms with E-state index >= 15 is 0 Å². The van der Waals surface area contributed by atoms with Crippen molar-refractivity contribution in [2.24, 2.45) is 0 Å². The lowest BCUT2D eigenvalue weighted by Crippen LogP contribution is -2.50. The largest absolute Gasteiger partial charge is 0.374 e. The van der Waals surface area contributed by atoms with Crippen molar-refractivity contribution in [3.63, 3.8) is 0 Å². The number of likely N-dealkylation sites (N-methyl/N-ethyl adjacent to an activating group) is 1. The van der Waals surface area contributed by atoms with E-state index in [0.29, 0.717) is 6.04 Å². The van der Waals surface area contributed by atoms with Gasteiger partial charge in [-0.15, -0.1) is 0 Å². The maximum Gasteiger partial charge on any atom is 0.0897 e. The number of aryl methyl sites for hydroxylation is 1. The molecule has 0 amide bonds. The molecule has 1 aliphatic heterocycles. The number of nitrogens with one attached hydrogen (secondary N) is 1. The summed E-state index contributed by atoms with van der Waals surface area (Å²) in [5, 5.41) is 3.58. The Morgan fingerprint density at radius 3 is 2.95 bits per heavy atom. The quantitative estimate of drug-likeness (QED) is 0.895. The number of hydrogen-bond donors (Lipinski definition) is 1. The van der Waals surface area contributed by atoms with Crippen LogP contribution >= 0.6 is 0 Å². The number of aromatic nitrogens is 1. The van der Waals surface area contributed by atoms with Gasteiger partial charge in [-0.2, -0.15) is 0 Å². The van der Waals surface area contributed by atoms with E-state index in [1.54, 1.807) is 0 Å². The fraction of sp³-hybridized carbons (Fsp3) is 0.688. The number of pyridine rings is 1. The van der Waals surface area contributed by atoms with Gasteiger partial charge in [0, 0.05) is 31.5 Å². The van der Waals surface area contributed by atoms with E-state index in [-0.39, 0.29) is 12.1 Å². The van der Waals surface area contributed by atoms with Gasteiger partial charge >= 0.3 is 0 Å². The van der Waals surface area contributed by atoms with E-state index in [9.17, 15) is 0 Å². The van der Waals surface area contributed by atoms with Crippen molar-refractivity contribution >= 4 is 0 Å². The molecule has 2 rings (SSSR count). The summed E-state index contributed by atoms with van der Waals surface area (Å²) in [6, 6.07) is 2.86. The molecule has 4 heteroatoms. The van der Waals surface area contributed by atoms with Gasteiger partial charge in [0.2, 0.25) is 0 Å². The number of rotatable bonds is 5. The van der Waals surface area contributed by atoms with Crippen LogP contribution in [0.15, 0.2) is 18.5 Å². The molecule has 2 heterocycles. The second-order valence-electron chi connectivity index (χ2n) is 5.77. The van der Waals surface area contributed by atoms with Gasteiger partial charge in [0.1, 0.15) is 0 Å². The maximum absolute atomic E-state index is 6.05. The van der Waals surface area contributed by atoms with E-state index in [4.69, 9.17) is 4.74 Å². The molecule has 1 aromatic heterocycles. The van der Waals surface area contributed by atoms with Gasteiger partial charge in [0.05, 0.1) is 18.8 Å². The zero-order chi connectivity index (χ0) is 14.5. The monoisotopic (exact) mass is 277 g/mol. The minimum atomic E-state index is 0.189. The number of morpholine rings is 1. The molecule has 0 aromatic carbocycles. The molecule has 2 atom stereocenters. The molecule has 0 spiro atoms. The van der Waals surface area contributed by atoms with Crippen molar-refractivity contribution in [1.82, 2.24) is 15.2 Å². The lowest BCUT2D eigenvalue weighted by Gasteiger charge is -2.39. The molecule has 20 heavy (non-hydrogen) atoms. The van der Waals surface area contributed by atoms with Crippen LogP contribution in [0.4, 0.5) is 0 Å². The van der Waals surface area contributed by atoms with Crippen LogP contribution in [0.5, 0.6) is 0 Å². The highest BCUT2D eigenvalue weighted by molar-refractivity contribution is 5.26. The van der Waals surface area contributed by atoms with Crippen molar-refractivity contribution < 1.29 is 4.74 Å². The molecule has 0 radical (unpaired) electrons. The molecule has 2 unspecified atom stereocenters. The third-order valence-corrected chi connectivity index (χ3v) is 4.07. The molecule has 1 saturated heterocycles. The summed E-state index contributed by atoms with van der Waals surface area (Å²) in [6.45, 7) is 12.5. The maximum atomic E-state index is 6.05. The lowest BCUT2D eigenvalue weighted by molar-refractivity contribution is -0.0560.